The Labute approximate surface area is 143 Å². The summed E-state index contributed by atoms with van der Waals surface area (Å²) in [4.78, 5) is 11.0. The van der Waals surface area contributed by atoms with Crippen molar-refractivity contribution in [3.63, 3.8) is 0 Å². The van der Waals surface area contributed by atoms with Gasteiger partial charge in [0, 0.05) is 17.6 Å². The average molecular weight is 383 g/mol. The van der Waals surface area contributed by atoms with Gasteiger partial charge in [-0.3, -0.25) is 13.9 Å². The van der Waals surface area contributed by atoms with E-state index in [1.165, 1.54) is 24.3 Å². The van der Waals surface area contributed by atoms with E-state index in [1.807, 2.05) is 0 Å². The molecule has 2 aromatic carbocycles. The van der Waals surface area contributed by atoms with Crippen LogP contribution in [0, 0.1) is 0 Å². The van der Waals surface area contributed by atoms with E-state index in [0.29, 0.717) is 5.39 Å². The van der Waals surface area contributed by atoms with Crippen LogP contribution < -0.4 is 5.56 Å². The molecule has 0 unspecified atom stereocenters. The molecule has 10 heteroatoms. The van der Waals surface area contributed by atoms with Gasteiger partial charge in [0.25, 0.3) is 20.2 Å². The number of aromatic amines is 1. The number of hydrogen-bond donors (Lipinski definition) is 3. The third kappa shape index (κ3) is 4.73. The minimum Gasteiger partial charge on any atom is -0.329 e. The fourth-order valence-corrected chi connectivity index (χ4v) is 4.07. The first-order chi connectivity index (χ1) is 11.6. The molecule has 0 aliphatic carbocycles. The van der Waals surface area contributed by atoms with Gasteiger partial charge in [-0.1, -0.05) is 36.4 Å². The molecule has 0 saturated heterocycles. The second kappa shape index (κ2) is 7.15. The Hall–Kier alpha value is -2.53. The Kier molecular flexibility index (Phi) is 5.38. The molecule has 3 N–H and O–H groups in total. The number of rotatable bonds is 2. The number of hydrogen-bond acceptors (Lipinski definition) is 5. The molecule has 3 aromatic rings. The quantitative estimate of drug-likeness (QED) is 0.572. The molecule has 1 aromatic heterocycles. The highest BCUT2D eigenvalue weighted by Crippen LogP contribution is 2.29. The van der Waals surface area contributed by atoms with Crippen molar-refractivity contribution in [1.29, 1.82) is 0 Å². The fraction of sp³-hybridized carbons (Fsp3) is 0. The first kappa shape index (κ1) is 18.8. The predicted molar refractivity (Wildman–Crippen MR) is 90.6 cm³/mol. The number of benzene rings is 2. The maximum Gasteiger partial charge on any atom is 0.296 e. The summed E-state index contributed by atoms with van der Waals surface area (Å²) >= 11 is 0. The van der Waals surface area contributed by atoms with Crippen molar-refractivity contribution in [3.05, 3.63) is 71.1 Å². The maximum atomic E-state index is 11.3. The van der Waals surface area contributed by atoms with Gasteiger partial charge >= 0.3 is 0 Å². The Morgan fingerprint density at radius 1 is 0.760 bits per heavy atom. The lowest BCUT2D eigenvalue weighted by atomic mass is 10.1. The van der Waals surface area contributed by atoms with Gasteiger partial charge in [-0.2, -0.15) is 16.8 Å². The van der Waals surface area contributed by atoms with Crippen molar-refractivity contribution >= 4 is 31.0 Å². The van der Waals surface area contributed by atoms with Gasteiger partial charge in [0.1, 0.15) is 9.79 Å². The van der Waals surface area contributed by atoms with Crippen LogP contribution in [-0.2, 0) is 20.2 Å². The maximum absolute atomic E-state index is 11.3. The molecule has 0 aliphatic heterocycles. The molecule has 0 bridgehead atoms. The fourth-order valence-electron chi connectivity index (χ4n) is 2.07. The smallest absolute Gasteiger partial charge is 0.296 e. The highest BCUT2D eigenvalue weighted by atomic mass is 32.2. The van der Waals surface area contributed by atoms with Gasteiger partial charge in [0.05, 0.1) is 0 Å². The van der Waals surface area contributed by atoms with E-state index in [2.05, 4.69) is 4.98 Å². The largest absolute Gasteiger partial charge is 0.329 e. The van der Waals surface area contributed by atoms with E-state index < -0.39 is 30.0 Å². The average Bonchev–Trinajstić information content (AvgIpc) is 2.53. The number of fused-ring (bicyclic) bond motifs is 1. The highest BCUT2D eigenvalue weighted by Gasteiger charge is 2.26. The summed E-state index contributed by atoms with van der Waals surface area (Å²) < 4.78 is 63.0. The normalized spacial score (nSPS) is 11.6. The zero-order valence-corrected chi connectivity index (χ0v) is 14.2. The van der Waals surface area contributed by atoms with Crippen molar-refractivity contribution in [2.45, 2.75) is 9.79 Å². The third-order valence-electron chi connectivity index (χ3n) is 3.06. The lowest BCUT2D eigenvalue weighted by Crippen LogP contribution is -2.09. The van der Waals surface area contributed by atoms with Gasteiger partial charge in [0.15, 0.2) is 0 Å². The summed E-state index contributed by atoms with van der Waals surface area (Å²) in [6, 6.07) is 13.2. The minimum atomic E-state index is -4.78. The second-order valence-corrected chi connectivity index (χ2v) is 7.54. The summed E-state index contributed by atoms with van der Waals surface area (Å²) in [5, 5.41) is 0.452. The molecule has 0 saturated carbocycles. The Bertz CT molecular complexity index is 1150. The molecule has 0 amide bonds. The van der Waals surface area contributed by atoms with E-state index in [4.69, 9.17) is 9.11 Å². The van der Waals surface area contributed by atoms with E-state index in [9.17, 15) is 21.6 Å². The molecule has 0 spiro atoms. The molecular weight excluding hydrogens is 370 g/mol. The van der Waals surface area contributed by atoms with Gasteiger partial charge in [-0.15, -0.1) is 0 Å². The minimum absolute atomic E-state index is 0.0233. The van der Waals surface area contributed by atoms with E-state index in [0.717, 1.165) is 6.07 Å². The van der Waals surface area contributed by atoms with Gasteiger partial charge < -0.3 is 4.98 Å². The van der Waals surface area contributed by atoms with Crippen LogP contribution in [0.1, 0.15) is 0 Å². The second-order valence-electron chi connectivity index (χ2n) is 4.79. The topological polar surface area (TPSA) is 142 Å². The molecule has 1 heterocycles. The summed E-state index contributed by atoms with van der Waals surface area (Å²) in [7, 11) is -9.53. The van der Waals surface area contributed by atoms with Crippen LogP contribution in [0.3, 0.4) is 0 Å². The Morgan fingerprint density at radius 3 is 1.88 bits per heavy atom. The highest BCUT2D eigenvalue weighted by molar-refractivity contribution is 7.89. The van der Waals surface area contributed by atoms with Crippen molar-refractivity contribution in [2.24, 2.45) is 0 Å². The summed E-state index contributed by atoms with van der Waals surface area (Å²) in [5.41, 5.74) is -0.0532. The zero-order chi connectivity index (χ0) is 18.7. The molecule has 8 nitrogen and oxygen atoms in total. The van der Waals surface area contributed by atoms with Crippen LogP contribution in [0.4, 0.5) is 0 Å². The number of nitrogens with one attached hydrogen (secondary N) is 1. The van der Waals surface area contributed by atoms with Gasteiger partial charge in [0.2, 0.25) is 5.56 Å². The molecule has 0 fully saturated rings. The summed E-state index contributed by atoms with van der Waals surface area (Å²) in [6.07, 6.45) is 1.60. The van der Waals surface area contributed by atoms with Crippen molar-refractivity contribution in [2.75, 3.05) is 0 Å². The van der Waals surface area contributed by atoms with Crippen molar-refractivity contribution < 1.29 is 25.9 Å². The number of aromatic nitrogens is 1. The Balaban J connectivity index is 0.000000269. The first-order valence-corrected chi connectivity index (χ1v) is 9.59. The molecule has 0 radical (unpaired) electrons. The molecule has 0 atom stereocenters. The summed E-state index contributed by atoms with van der Waals surface area (Å²) in [5.74, 6) is 0. The van der Waals surface area contributed by atoms with Crippen molar-refractivity contribution in [3.8, 4) is 0 Å². The lowest BCUT2D eigenvalue weighted by Gasteiger charge is -2.08. The van der Waals surface area contributed by atoms with Crippen LogP contribution in [0.15, 0.2) is 75.4 Å². The van der Waals surface area contributed by atoms with Crippen LogP contribution in [0.5, 0.6) is 0 Å². The third-order valence-corrected chi connectivity index (χ3v) is 5.04. The zero-order valence-electron chi connectivity index (χ0n) is 12.5. The van der Waals surface area contributed by atoms with Crippen LogP contribution in [-0.4, -0.2) is 30.9 Å². The molecular formula is C15H13NO7S2. The standard InChI is InChI=1S/C10H8O6S2.C5H5NO/c11-17(12,13)9-6-5-7-3-1-2-4-8(7)10(9)18(14,15)16;7-5-3-1-2-4-6-5/h1-6H,(H,11,12,13)(H,14,15,16);1-4H,(H,6,7). The van der Waals surface area contributed by atoms with E-state index >= 15 is 0 Å². The van der Waals surface area contributed by atoms with Crippen molar-refractivity contribution in [1.82, 2.24) is 4.98 Å². The monoisotopic (exact) mass is 383 g/mol. The van der Waals surface area contributed by atoms with Crippen LogP contribution in [0.2, 0.25) is 0 Å². The Morgan fingerprint density at radius 2 is 1.40 bits per heavy atom. The van der Waals surface area contributed by atoms with E-state index in [-0.39, 0.29) is 10.9 Å². The molecule has 3 rings (SSSR count). The van der Waals surface area contributed by atoms with Gasteiger partial charge in [-0.25, -0.2) is 0 Å². The molecule has 0 aliphatic rings. The lowest BCUT2D eigenvalue weighted by molar-refractivity contribution is 0.467. The van der Waals surface area contributed by atoms with Crippen LogP contribution in [0.25, 0.3) is 10.8 Å². The molecule has 25 heavy (non-hydrogen) atoms. The number of H-pyrrole nitrogens is 1. The van der Waals surface area contributed by atoms with Gasteiger partial charge in [-0.05, 0) is 17.5 Å². The number of pyridine rings is 1. The summed E-state index contributed by atoms with van der Waals surface area (Å²) in [6.45, 7) is 0. The molecule has 132 valence electrons. The SMILES string of the molecule is O=S(=O)(O)c1ccc2ccccc2c1S(=O)(=O)O.O=c1cccc[nH]1. The first-order valence-electron chi connectivity index (χ1n) is 6.71. The van der Waals surface area contributed by atoms with Crippen LogP contribution >= 0.6 is 0 Å². The van der Waals surface area contributed by atoms with E-state index in [1.54, 1.807) is 30.5 Å². The predicted octanol–water partition coefficient (Wildman–Crippen LogP) is 1.71.